The van der Waals surface area contributed by atoms with Crippen molar-refractivity contribution in [1.82, 2.24) is 29.9 Å². The van der Waals surface area contributed by atoms with Crippen molar-refractivity contribution in [1.29, 1.82) is 0 Å². The smallest absolute Gasteiger partial charge is 0.236 e. The van der Waals surface area contributed by atoms with Crippen molar-refractivity contribution in [3.05, 3.63) is 42.2 Å². The summed E-state index contributed by atoms with van der Waals surface area (Å²) in [4.78, 5) is 20.0. The van der Waals surface area contributed by atoms with E-state index in [0.717, 1.165) is 31.7 Å². The molecule has 0 bridgehead atoms. The molecule has 1 aliphatic rings. The first-order valence-electron chi connectivity index (χ1n) is 7.94. The summed E-state index contributed by atoms with van der Waals surface area (Å²) >= 11 is 0. The van der Waals surface area contributed by atoms with Crippen LogP contribution >= 0.6 is 0 Å². The summed E-state index contributed by atoms with van der Waals surface area (Å²) in [5.41, 5.74) is 1.13. The number of nitrogens with zero attached hydrogens (tertiary/aromatic N) is 5. The molecule has 0 radical (unpaired) electrons. The number of carbonyl (C=O) groups is 1. The zero-order valence-electron chi connectivity index (χ0n) is 13.7. The number of hydrogen-bond donors (Lipinski definition) is 1. The zero-order chi connectivity index (χ0) is 16.9. The molecule has 1 fully saturated rings. The van der Waals surface area contributed by atoms with Crippen LogP contribution in [0.4, 0.5) is 4.39 Å². The molecule has 3 rings (SSSR count). The Bertz CT molecular complexity index is 682. The molecule has 2 aromatic rings. The first kappa shape index (κ1) is 16.5. The van der Waals surface area contributed by atoms with Crippen LogP contribution in [0, 0.1) is 5.82 Å². The van der Waals surface area contributed by atoms with Crippen molar-refractivity contribution in [3.8, 4) is 5.69 Å². The molecular formula is C16H21FN6O. The lowest BCUT2D eigenvalue weighted by Crippen LogP contribution is -2.49. The van der Waals surface area contributed by atoms with E-state index >= 15 is 0 Å². The number of likely N-dealkylation sites (N-methyl/N-ethyl adjacent to an activating group) is 1. The molecule has 0 saturated carbocycles. The maximum Gasteiger partial charge on any atom is 0.236 e. The van der Waals surface area contributed by atoms with Crippen LogP contribution in [-0.2, 0) is 11.3 Å². The van der Waals surface area contributed by atoms with E-state index < -0.39 is 0 Å². The topological polar surface area (TPSA) is 66.3 Å². The summed E-state index contributed by atoms with van der Waals surface area (Å²) < 4.78 is 15.5. The highest BCUT2D eigenvalue weighted by molar-refractivity contribution is 5.78. The summed E-state index contributed by atoms with van der Waals surface area (Å²) in [6, 6.07) is 4.92. The zero-order valence-corrected chi connectivity index (χ0v) is 13.7. The van der Waals surface area contributed by atoms with Gasteiger partial charge in [0.05, 0.1) is 6.54 Å². The highest BCUT2D eigenvalue weighted by atomic mass is 19.1. The maximum atomic E-state index is 14.1. The molecule has 1 aromatic carbocycles. The molecule has 8 heteroatoms. The summed E-state index contributed by atoms with van der Waals surface area (Å²) in [5, 5.41) is 7.00. The van der Waals surface area contributed by atoms with Crippen molar-refractivity contribution in [2.24, 2.45) is 0 Å². The second-order valence-electron chi connectivity index (χ2n) is 5.91. The van der Waals surface area contributed by atoms with Gasteiger partial charge in [-0.25, -0.2) is 14.1 Å². The third kappa shape index (κ3) is 3.95. The van der Waals surface area contributed by atoms with Crippen LogP contribution < -0.4 is 5.32 Å². The van der Waals surface area contributed by atoms with E-state index in [0.29, 0.717) is 12.2 Å². The molecule has 0 unspecified atom stereocenters. The average molecular weight is 332 g/mol. The van der Waals surface area contributed by atoms with Gasteiger partial charge in [0.25, 0.3) is 0 Å². The monoisotopic (exact) mass is 332 g/mol. The van der Waals surface area contributed by atoms with Gasteiger partial charge in [-0.05, 0) is 24.7 Å². The highest BCUT2D eigenvalue weighted by Gasteiger charge is 2.18. The summed E-state index contributed by atoms with van der Waals surface area (Å²) in [7, 11) is 2.05. The van der Waals surface area contributed by atoms with E-state index in [1.54, 1.807) is 6.07 Å². The van der Waals surface area contributed by atoms with Gasteiger partial charge in [0.15, 0.2) is 0 Å². The lowest BCUT2D eigenvalue weighted by molar-refractivity contribution is -0.131. The molecule has 7 nitrogen and oxygen atoms in total. The van der Waals surface area contributed by atoms with Crippen LogP contribution in [0.5, 0.6) is 0 Å². The molecule has 0 spiro atoms. The van der Waals surface area contributed by atoms with Gasteiger partial charge in [0.1, 0.15) is 24.2 Å². The third-order valence-electron chi connectivity index (χ3n) is 4.14. The lowest BCUT2D eigenvalue weighted by Gasteiger charge is -2.32. The number of nitrogens with one attached hydrogen (secondary N) is 1. The van der Waals surface area contributed by atoms with Gasteiger partial charge in [0, 0.05) is 32.7 Å². The predicted molar refractivity (Wildman–Crippen MR) is 87.1 cm³/mol. The van der Waals surface area contributed by atoms with Crippen LogP contribution in [0.1, 0.15) is 5.56 Å². The Kier molecular flexibility index (Phi) is 5.17. The maximum absolute atomic E-state index is 14.1. The second-order valence-corrected chi connectivity index (χ2v) is 5.91. The van der Waals surface area contributed by atoms with Crippen molar-refractivity contribution >= 4 is 5.91 Å². The van der Waals surface area contributed by atoms with E-state index in [1.807, 2.05) is 11.0 Å². The lowest BCUT2D eigenvalue weighted by atomic mass is 10.2. The predicted octanol–water partition coefficient (Wildman–Crippen LogP) is 0.270. The third-order valence-corrected chi connectivity index (χ3v) is 4.14. The Balaban J connectivity index is 1.50. The molecule has 1 N–H and O–H groups in total. The van der Waals surface area contributed by atoms with Gasteiger partial charge in [-0.2, -0.15) is 5.10 Å². The number of rotatable bonds is 5. The summed E-state index contributed by atoms with van der Waals surface area (Å²) in [6.07, 6.45) is 2.81. The Hall–Kier alpha value is -2.32. The van der Waals surface area contributed by atoms with Crippen LogP contribution in [0.2, 0.25) is 0 Å². The van der Waals surface area contributed by atoms with Gasteiger partial charge in [-0.15, -0.1) is 0 Å². The SMILES string of the molecule is CN1CCN(C(=O)CNCc2ccc(-n3cncn3)c(F)c2)CC1. The molecule has 1 saturated heterocycles. The van der Waals surface area contributed by atoms with E-state index in [2.05, 4.69) is 27.3 Å². The van der Waals surface area contributed by atoms with Crippen LogP contribution in [0.3, 0.4) is 0 Å². The number of carbonyl (C=O) groups excluding carboxylic acids is 1. The number of halogens is 1. The van der Waals surface area contributed by atoms with Gasteiger partial charge in [-0.1, -0.05) is 6.07 Å². The average Bonchev–Trinajstić information content (AvgIpc) is 3.10. The van der Waals surface area contributed by atoms with Gasteiger partial charge in [-0.3, -0.25) is 4.79 Å². The van der Waals surface area contributed by atoms with E-state index in [9.17, 15) is 9.18 Å². The number of benzene rings is 1. The summed E-state index contributed by atoms with van der Waals surface area (Å²) in [5.74, 6) is -0.284. The molecule has 1 aromatic heterocycles. The Morgan fingerprint density at radius 1 is 1.29 bits per heavy atom. The fourth-order valence-corrected chi connectivity index (χ4v) is 2.66. The number of hydrogen-bond acceptors (Lipinski definition) is 5. The molecular weight excluding hydrogens is 311 g/mol. The standard InChI is InChI=1S/C16H21FN6O/c1-21-4-6-22(7-5-21)16(24)10-18-9-13-2-3-15(14(17)8-13)23-12-19-11-20-23/h2-3,8,11-12,18H,4-7,9-10H2,1H3. The number of piperazine rings is 1. The highest BCUT2D eigenvalue weighted by Crippen LogP contribution is 2.13. The van der Waals surface area contributed by atoms with Crippen molar-refractivity contribution in [3.63, 3.8) is 0 Å². The molecule has 0 atom stereocenters. The second kappa shape index (κ2) is 7.50. The molecule has 24 heavy (non-hydrogen) atoms. The minimum absolute atomic E-state index is 0.0859. The first-order chi connectivity index (χ1) is 11.6. The minimum Gasteiger partial charge on any atom is -0.339 e. The fourth-order valence-electron chi connectivity index (χ4n) is 2.66. The Labute approximate surface area is 140 Å². The van der Waals surface area contributed by atoms with E-state index in [-0.39, 0.29) is 18.3 Å². The van der Waals surface area contributed by atoms with E-state index in [1.165, 1.54) is 23.4 Å². The van der Waals surface area contributed by atoms with Gasteiger partial charge in [0.2, 0.25) is 5.91 Å². The Morgan fingerprint density at radius 2 is 2.08 bits per heavy atom. The van der Waals surface area contributed by atoms with E-state index in [4.69, 9.17) is 0 Å². The van der Waals surface area contributed by atoms with Crippen molar-refractivity contribution in [2.75, 3.05) is 39.8 Å². The Morgan fingerprint density at radius 3 is 2.75 bits per heavy atom. The molecule has 1 amide bonds. The minimum atomic E-state index is -0.370. The van der Waals surface area contributed by atoms with Gasteiger partial charge < -0.3 is 15.1 Å². The number of amides is 1. The van der Waals surface area contributed by atoms with Crippen LogP contribution in [-0.4, -0.2) is 70.2 Å². The van der Waals surface area contributed by atoms with Crippen LogP contribution in [0.25, 0.3) is 5.69 Å². The normalized spacial score (nSPS) is 15.7. The summed E-state index contributed by atoms with van der Waals surface area (Å²) in [6.45, 7) is 4.03. The quantitative estimate of drug-likeness (QED) is 0.851. The largest absolute Gasteiger partial charge is 0.339 e. The van der Waals surface area contributed by atoms with Crippen LogP contribution in [0.15, 0.2) is 30.9 Å². The van der Waals surface area contributed by atoms with Crippen molar-refractivity contribution < 1.29 is 9.18 Å². The number of aromatic nitrogens is 3. The molecule has 1 aliphatic heterocycles. The molecule has 2 heterocycles. The molecule has 128 valence electrons. The fraction of sp³-hybridized carbons (Fsp3) is 0.438. The molecule has 0 aliphatic carbocycles. The van der Waals surface area contributed by atoms with Gasteiger partial charge >= 0.3 is 0 Å². The van der Waals surface area contributed by atoms with Crippen molar-refractivity contribution in [2.45, 2.75) is 6.54 Å². The first-order valence-corrected chi connectivity index (χ1v) is 7.94.